The van der Waals surface area contributed by atoms with Crippen LogP contribution in [0.4, 0.5) is 5.69 Å². The molecule has 0 aliphatic carbocycles. The first kappa shape index (κ1) is 26.4. The van der Waals surface area contributed by atoms with E-state index < -0.39 is 0 Å². The lowest BCUT2D eigenvalue weighted by Gasteiger charge is -2.19. The molecule has 1 amide bonds. The molecule has 0 fully saturated rings. The zero-order valence-corrected chi connectivity index (χ0v) is 22.7. The van der Waals surface area contributed by atoms with Crippen LogP contribution in [-0.2, 0) is 10.2 Å². The predicted octanol–water partition coefficient (Wildman–Crippen LogP) is 7.20. The average molecular weight is 516 g/mol. The number of amides is 1. The highest BCUT2D eigenvalue weighted by Gasteiger charge is 2.14. The lowest BCUT2D eigenvalue weighted by molar-refractivity contribution is -0.121. The maximum Gasteiger partial charge on any atom is 0.264 e. The van der Waals surface area contributed by atoms with E-state index in [-0.39, 0.29) is 23.0 Å². The molecular weight excluding hydrogens is 482 g/mol. The summed E-state index contributed by atoms with van der Waals surface area (Å²) in [5.74, 6) is 1.34. The number of anilines is 1. The van der Waals surface area contributed by atoms with E-state index in [1.54, 1.807) is 0 Å². The molecular formula is C30H33N3O3S. The Bertz CT molecular complexity index is 1390. The number of hydrogen-bond donors (Lipinski definition) is 2. The van der Waals surface area contributed by atoms with Gasteiger partial charge < -0.3 is 14.5 Å². The van der Waals surface area contributed by atoms with Crippen LogP contribution in [0.1, 0.15) is 58.1 Å². The largest absolute Gasteiger partial charge is 0.484 e. The summed E-state index contributed by atoms with van der Waals surface area (Å²) >= 11 is 5.28. The number of carbonyl (C=O) groups excluding carboxylic acids is 1. The number of aromatic nitrogens is 1. The fraction of sp³-hybridized carbons (Fsp3) is 0.300. The van der Waals surface area contributed by atoms with Gasteiger partial charge in [0.25, 0.3) is 5.91 Å². The number of nitrogens with zero attached hydrogens (tertiary/aromatic N) is 1. The van der Waals surface area contributed by atoms with Gasteiger partial charge in [-0.05, 0) is 89.6 Å². The van der Waals surface area contributed by atoms with Crippen molar-refractivity contribution in [1.82, 2.24) is 10.3 Å². The van der Waals surface area contributed by atoms with Crippen LogP contribution in [0.2, 0.25) is 0 Å². The van der Waals surface area contributed by atoms with Crippen LogP contribution in [0.5, 0.6) is 5.75 Å². The highest BCUT2D eigenvalue weighted by atomic mass is 32.1. The molecule has 0 bridgehead atoms. The van der Waals surface area contributed by atoms with Crippen molar-refractivity contribution in [3.05, 3.63) is 77.9 Å². The van der Waals surface area contributed by atoms with Crippen LogP contribution in [-0.4, -0.2) is 22.6 Å². The van der Waals surface area contributed by atoms with Gasteiger partial charge in [0.15, 0.2) is 17.3 Å². The van der Waals surface area contributed by atoms with Gasteiger partial charge >= 0.3 is 0 Å². The third kappa shape index (κ3) is 6.74. The zero-order valence-electron chi connectivity index (χ0n) is 21.9. The van der Waals surface area contributed by atoms with Gasteiger partial charge in [-0.25, -0.2) is 4.98 Å². The first-order valence-electron chi connectivity index (χ1n) is 12.5. The molecule has 3 aromatic carbocycles. The third-order valence-corrected chi connectivity index (χ3v) is 6.53. The van der Waals surface area contributed by atoms with Gasteiger partial charge in [-0.15, -0.1) is 0 Å². The molecule has 0 radical (unpaired) electrons. The molecule has 4 aromatic rings. The number of nitrogens with one attached hydrogen (secondary N) is 2. The standard InChI is InChI=1S/C30H33N3O3S/c1-6-19(2)21-9-16-26-25(17-21)32-28(36-26)20-7-12-23(13-8-20)31-29(37)33-27(34)18-35-24-14-10-22(11-15-24)30(3,4)5/h7-17,19H,6,18H2,1-5H3,(H2,31,33,34,37). The molecule has 1 aromatic heterocycles. The Kier molecular flexibility index (Phi) is 7.93. The van der Waals surface area contributed by atoms with Gasteiger partial charge in [0.2, 0.25) is 5.89 Å². The molecule has 1 heterocycles. The summed E-state index contributed by atoms with van der Waals surface area (Å²) < 4.78 is 11.5. The molecule has 0 saturated carbocycles. The molecule has 1 atom stereocenters. The fourth-order valence-corrected chi connectivity index (χ4v) is 4.06. The van der Waals surface area contributed by atoms with Gasteiger partial charge in [-0.1, -0.05) is 52.8 Å². The predicted molar refractivity (Wildman–Crippen MR) is 153 cm³/mol. The summed E-state index contributed by atoms with van der Waals surface area (Å²) in [6.45, 7) is 10.7. The Labute approximate surface area is 223 Å². The molecule has 6 nitrogen and oxygen atoms in total. The van der Waals surface area contributed by atoms with Gasteiger partial charge in [-0.3, -0.25) is 10.1 Å². The van der Waals surface area contributed by atoms with Crippen molar-refractivity contribution in [2.24, 2.45) is 0 Å². The van der Waals surface area contributed by atoms with Crippen LogP contribution < -0.4 is 15.4 Å². The topological polar surface area (TPSA) is 76.4 Å². The van der Waals surface area contributed by atoms with Crippen LogP contribution >= 0.6 is 12.2 Å². The highest BCUT2D eigenvalue weighted by molar-refractivity contribution is 7.80. The van der Waals surface area contributed by atoms with Crippen LogP contribution in [0.25, 0.3) is 22.6 Å². The van der Waals surface area contributed by atoms with Gasteiger partial charge in [0.1, 0.15) is 11.3 Å². The second kappa shape index (κ2) is 11.1. The van der Waals surface area contributed by atoms with Gasteiger partial charge in [0.05, 0.1) is 0 Å². The number of oxazole rings is 1. The fourth-order valence-electron chi connectivity index (χ4n) is 3.83. The minimum atomic E-state index is -0.336. The number of ether oxygens (including phenoxy) is 1. The maximum atomic E-state index is 12.3. The van der Waals surface area contributed by atoms with Crippen molar-refractivity contribution < 1.29 is 13.9 Å². The summed E-state index contributed by atoms with van der Waals surface area (Å²) in [7, 11) is 0. The number of fused-ring (bicyclic) bond motifs is 1. The van der Waals surface area contributed by atoms with E-state index in [1.165, 1.54) is 11.1 Å². The first-order valence-corrected chi connectivity index (χ1v) is 12.9. The van der Waals surface area contributed by atoms with Crippen LogP contribution in [0.3, 0.4) is 0 Å². The third-order valence-electron chi connectivity index (χ3n) is 6.33. The lowest BCUT2D eigenvalue weighted by Crippen LogP contribution is -2.37. The summed E-state index contributed by atoms with van der Waals surface area (Å²) in [5.41, 5.74) is 5.73. The van der Waals surface area contributed by atoms with Crippen molar-refractivity contribution in [2.45, 2.75) is 52.4 Å². The molecule has 0 aliphatic heterocycles. The number of hydrogen-bond acceptors (Lipinski definition) is 5. The SMILES string of the molecule is CCC(C)c1ccc2oc(-c3ccc(NC(=S)NC(=O)COc4ccc(C(C)(C)C)cc4)cc3)nc2c1. The van der Waals surface area contributed by atoms with Gasteiger partial charge in [0, 0.05) is 11.3 Å². The summed E-state index contributed by atoms with van der Waals surface area (Å²) in [6.07, 6.45) is 1.07. The maximum absolute atomic E-state index is 12.3. The molecule has 7 heteroatoms. The molecule has 192 valence electrons. The van der Waals surface area contributed by atoms with Gasteiger partial charge in [-0.2, -0.15) is 0 Å². The number of thiocarbonyl (C=S) groups is 1. The molecule has 0 saturated heterocycles. The Morgan fingerprint density at radius 3 is 2.41 bits per heavy atom. The summed E-state index contributed by atoms with van der Waals surface area (Å²) in [5, 5.41) is 5.86. The van der Waals surface area contributed by atoms with E-state index in [9.17, 15) is 4.79 Å². The Hall–Kier alpha value is -3.71. The zero-order chi connectivity index (χ0) is 26.6. The van der Waals surface area contributed by atoms with Crippen molar-refractivity contribution in [2.75, 3.05) is 11.9 Å². The number of carbonyl (C=O) groups is 1. The minimum absolute atomic E-state index is 0.0612. The van der Waals surface area contributed by atoms with E-state index in [2.05, 4.69) is 62.4 Å². The number of rotatable bonds is 7. The van der Waals surface area contributed by atoms with E-state index in [0.29, 0.717) is 17.6 Å². The molecule has 1 unspecified atom stereocenters. The Morgan fingerprint density at radius 1 is 1.05 bits per heavy atom. The normalized spacial score (nSPS) is 12.2. The Morgan fingerprint density at radius 2 is 1.76 bits per heavy atom. The average Bonchev–Trinajstić information content (AvgIpc) is 3.30. The van der Waals surface area contributed by atoms with E-state index >= 15 is 0 Å². The quantitative estimate of drug-likeness (QED) is 0.254. The second-order valence-corrected chi connectivity index (χ2v) is 10.6. The van der Waals surface area contributed by atoms with Crippen LogP contribution in [0.15, 0.2) is 71.1 Å². The lowest BCUT2D eigenvalue weighted by atomic mass is 9.87. The number of benzene rings is 3. The molecule has 0 spiro atoms. The van der Waals surface area contributed by atoms with Crippen molar-refractivity contribution >= 4 is 40.0 Å². The smallest absolute Gasteiger partial charge is 0.264 e. The Balaban J connectivity index is 1.30. The van der Waals surface area contributed by atoms with E-state index in [4.69, 9.17) is 21.4 Å². The highest BCUT2D eigenvalue weighted by Crippen LogP contribution is 2.28. The molecule has 2 N–H and O–H groups in total. The molecule has 0 aliphatic rings. The van der Waals surface area contributed by atoms with E-state index in [0.717, 1.165) is 28.8 Å². The summed E-state index contributed by atoms with van der Waals surface area (Å²) in [4.78, 5) is 16.9. The van der Waals surface area contributed by atoms with Crippen molar-refractivity contribution in [3.63, 3.8) is 0 Å². The second-order valence-electron chi connectivity index (χ2n) is 10.2. The van der Waals surface area contributed by atoms with Crippen molar-refractivity contribution in [3.8, 4) is 17.2 Å². The van der Waals surface area contributed by atoms with Crippen LogP contribution in [0, 0.1) is 0 Å². The minimum Gasteiger partial charge on any atom is -0.484 e. The van der Waals surface area contributed by atoms with E-state index in [1.807, 2.05) is 54.6 Å². The molecule has 37 heavy (non-hydrogen) atoms. The summed E-state index contributed by atoms with van der Waals surface area (Å²) in [6, 6.07) is 21.5. The van der Waals surface area contributed by atoms with Crippen molar-refractivity contribution in [1.29, 1.82) is 0 Å². The first-order chi connectivity index (χ1) is 17.6. The monoisotopic (exact) mass is 515 g/mol. The molecule has 4 rings (SSSR count).